The van der Waals surface area contributed by atoms with Gasteiger partial charge in [-0.3, -0.25) is 9.20 Å². The van der Waals surface area contributed by atoms with Gasteiger partial charge in [0.15, 0.2) is 10.7 Å². The van der Waals surface area contributed by atoms with Gasteiger partial charge in [0.25, 0.3) is 0 Å². The van der Waals surface area contributed by atoms with Crippen LogP contribution in [0.2, 0.25) is 0 Å². The van der Waals surface area contributed by atoms with Crippen molar-refractivity contribution >= 4 is 22.1 Å². The van der Waals surface area contributed by atoms with Gasteiger partial charge in [-0.15, -0.1) is 11.3 Å². The van der Waals surface area contributed by atoms with Gasteiger partial charge in [0.1, 0.15) is 5.69 Å². The zero-order valence-corrected chi connectivity index (χ0v) is 9.97. The van der Waals surface area contributed by atoms with Crippen LogP contribution < -0.4 is 0 Å². The summed E-state index contributed by atoms with van der Waals surface area (Å²) in [5, 5.41) is 0. The van der Waals surface area contributed by atoms with Gasteiger partial charge in [-0.25, -0.2) is 4.98 Å². The maximum atomic E-state index is 11.7. The topological polar surface area (TPSA) is 34.4 Å². The van der Waals surface area contributed by atoms with Crippen molar-refractivity contribution in [2.24, 2.45) is 5.92 Å². The molecule has 0 aliphatic heterocycles. The molecule has 80 valence electrons. The van der Waals surface area contributed by atoms with Crippen LogP contribution in [0.4, 0.5) is 0 Å². The first kappa shape index (κ1) is 10.4. The third-order valence-electron chi connectivity index (χ3n) is 2.33. The Morgan fingerprint density at radius 3 is 2.80 bits per heavy atom. The lowest BCUT2D eigenvalue weighted by molar-refractivity contribution is 0.0935. The van der Waals surface area contributed by atoms with Gasteiger partial charge in [-0.2, -0.15) is 0 Å². The molecule has 15 heavy (non-hydrogen) atoms. The second-order valence-electron chi connectivity index (χ2n) is 3.89. The monoisotopic (exact) mass is 222 g/mol. The number of hydrogen-bond acceptors (Lipinski definition) is 3. The van der Waals surface area contributed by atoms with E-state index in [1.165, 1.54) is 4.88 Å². The van der Waals surface area contributed by atoms with Gasteiger partial charge in [0.2, 0.25) is 0 Å². The Balaban J connectivity index is 2.40. The predicted molar refractivity (Wildman–Crippen MR) is 61.6 cm³/mol. The summed E-state index contributed by atoms with van der Waals surface area (Å²) in [7, 11) is 0. The number of ketones is 1. The quantitative estimate of drug-likeness (QED) is 0.748. The molecule has 3 nitrogen and oxygen atoms in total. The number of hydrogen-bond donors (Lipinski definition) is 0. The first-order valence-corrected chi connectivity index (χ1v) is 5.95. The molecule has 0 spiro atoms. The van der Waals surface area contributed by atoms with Gasteiger partial charge < -0.3 is 0 Å². The smallest absolute Gasteiger partial charge is 0.194 e. The van der Waals surface area contributed by atoms with Crippen molar-refractivity contribution in [1.82, 2.24) is 9.38 Å². The van der Waals surface area contributed by atoms with Crippen molar-refractivity contribution in [2.45, 2.75) is 27.2 Å². The van der Waals surface area contributed by atoms with E-state index in [1.54, 1.807) is 11.3 Å². The SMILES string of the molecule is CCc1cn2cc(C(=O)C(C)C)nc2s1. The first-order chi connectivity index (χ1) is 7.11. The molecule has 0 unspecified atom stereocenters. The lowest BCUT2D eigenvalue weighted by atomic mass is 10.1. The molecule has 0 aliphatic carbocycles. The number of nitrogens with zero attached hydrogens (tertiary/aromatic N) is 2. The minimum Gasteiger partial charge on any atom is -0.297 e. The molecule has 0 N–H and O–H groups in total. The second kappa shape index (κ2) is 3.77. The van der Waals surface area contributed by atoms with E-state index in [0.29, 0.717) is 5.69 Å². The van der Waals surface area contributed by atoms with E-state index in [4.69, 9.17) is 0 Å². The maximum absolute atomic E-state index is 11.7. The molecule has 2 aromatic rings. The Bertz CT molecular complexity index is 464. The maximum Gasteiger partial charge on any atom is 0.194 e. The molecule has 0 atom stereocenters. The summed E-state index contributed by atoms with van der Waals surface area (Å²) in [6.07, 6.45) is 4.89. The van der Waals surface area contributed by atoms with Gasteiger partial charge in [-0.05, 0) is 6.42 Å². The normalized spacial score (nSPS) is 11.5. The Morgan fingerprint density at radius 1 is 1.53 bits per heavy atom. The van der Waals surface area contributed by atoms with Crippen molar-refractivity contribution < 1.29 is 4.79 Å². The fourth-order valence-electron chi connectivity index (χ4n) is 1.42. The lowest BCUT2D eigenvalue weighted by Gasteiger charge is -1.97. The number of aromatic nitrogens is 2. The molecule has 0 radical (unpaired) electrons. The largest absolute Gasteiger partial charge is 0.297 e. The second-order valence-corrected chi connectivity index (χ2v) is 4.98. The highest BCUT2D eigenvalue weighted by Gasteiger charge is 2.15. The van der Waals surface area contributed by atoms with E-state index in [1.807, 2.05) is 30.6 Å². The molecule has 0 bridgehead atoms. The summed E-state index contributed by atoms with van der Waals surface area (Å²) < 4.78 is 1.94. The molecule has 0 fully saturated rings. The molecule has 2 rings (SSSR count). The number of Topliss-reactive ketones (excluding diaryl/α,β-unsaturated/α-hetero) is 1. The molecule has 0 aromatic carbocycles. The lowest BCUT2D eigenvalue weighted by Crippen LogP contribution is -2.07. The van der Waals surface area contributed by atoms with Crippen LogP contribution in [0.15, 0.2) is 12.4 Å². The van der Waals surface area contributed by atoms with Crippen LogP contribution in [-0.4, -0.2) is 15.2 Å². The fourth-order valence-corrected chi connectivity index (χ4v) is 2.32. The summed E-state index contributed by atoms with van der Waals surface area (Å²) >= 11 is 1.65. The molecule has 0 amide bonds. The molecule has 2 heterocycles. The fraction of sp³-hybridized carbons (Fsp3) is 0.455. The minimum atomic E-state index is 0.0141. The van der Waals surface area contributed by atoms with E-state index in [0.717, 1.165) is 11.4 Å². The molecule has 0 saturated carbocycles. The van der Waals surface area contributed by atoms with Gasteiger partial charge >= 0.3 is 0 Å². The van der Waals surface area contributed by atoms with Crippen molar-refractivity contribution in [2.75, 3.05) is 0 Å². The minimum absolute atomic E-state index is 0.0141. The summed E-state index contributed by atoms with van der Waals surface area (Å²) in [5.74, 6) is 0.129. The summed E-state index contributed by atoms with van der Waals surface area (Å²) in [6, 6.07) is 0. The highest BCUT2D eigenvalue weighted by molar-refractivity contribution is 7.17. The first-order valence-electron chi connectivity index (χ1n) is 5.13. The van der Waals surface area contributed by atoms with E-state index in [-0.39, 0.29) is 11.7 Å². The number of aryl methyl sites for hydroxylation is 1. The molecule has 2 aromatic heterocycles. The number of thiazole rings is 1. The number of carbonyl (C=O) groups is 1. The third kappa shape index (κ3) is 1.81. The Labute approximate surface area is 92.8 Å². The van der Waals surface area contributed by atoms with Crippen LogP contribution in [-0.2, 0) is 6.42 Å². The number of imidazole rings is 1. The summed E-state index contributed by atoms with van der Waals surface area (Å²) in [4.78, 5) is 18.2. The van der Waals surface area contributed by atoms with Crippen molar-refractivity contribution in [3.8, 4) is 0 Å². The average molecular weight is 222 g/mol. The predicted octanol–water partition coefficient (Wildman–Crippen LogP) is 2.80. The molecule has 0 saturated heterocycles. The number of rotatable bonds is 3. The zero-order valence-electron chi connectivity index (χ0n) is 9.15. The molecule has 4 heteroatoms. The molecule has 0 aliphatic rings. The van der Waals surface area contributed by atoms with Crippen LogP contribution in [0.25, 0.3) is 4.96 Å². The van der Waals surface area contributed by atoms with Crippen molar-refractivity contribution in [3.05, 3.63) is 23.0 Å². The van der Waals surface area contributed by atoms with Crippen LogP contribution in [0, 0.1) is 5.92 Å². The van der Waals surface area contributed by atoms with Gasteiger partial charge in [0.05, 0.1) is 0 Å². The van der Waals surface area contributed by atoms with Crippen molar-refractivity contribution in [1.29, 1.82) is 0 Å². The van der Waals surface area contributed by atoms with Gasteiger partial charge in [-0.1, -0.05) is 20.8 Å². The Morgan fingerprint density at radius 2 is 2.27 bits per heavy atom. The highest BCUT2D eigenvalue weighted by Crippen LogP contribution is 2.19. The zero-order chi connectivity index (χ0) is 11.0. The highest BCUT2D eigenvalue weighted by atomic mass is 32.1. The van der Waals surface area contributed by atoms with E-state index in [9.17, 15) is 4.79 Å². The van der Waals surface area contributed by atoms with E-state index in [2.05, 4.69) is 11.9 Å². The van der Waals surface area contributed by atoms with Crippen LogP contribution in [0.1, 0.15) is 36.1 Å². The van der Waals surface area contributed by atoms with Crippen molar-refractivity contribution in [3.63, 3.8) is 0 Å². The Kier molecular flexibility index (Phi) is 2.61. The summed E-state index contributed by atoms with van der Waals surface area (Å²) in [6.45, 7) is 5.91. The number of carbonyl (C=O) groups excluding carboxylic acids is 1. The standard InChI is InChI=1S/C11H14N2OS/c1-4-8-5-13-6-9(10(14)7(2)3)12-11(13)15-8/h5-7H,4H2,1-3H3. The van der Waals surface area contributed by atoms with Crippen LogP contribution in [0.3, 0.4) is 0 Å². The third-order valence-corrected chi connectivity index (χ3v) is 3.47. The van der Waals surface area contributed by atoms with Crippen LogP contribution in [0.5, 0.6) is 0 Å². The number of fused-ring (bicyclic) bond motifs is 1. The summed E-state index contributed by atoms with van der Waals surface area (Å²) in [5.41, 5.74) is 0.582. The van der Waals surface area contributed by atoms with E-state index >= 15 is 0 Å². The average Bonchev–Trinajstić information content (AvgIpc) is 2.72. The Hall–Kier alpha value is -1.16. The van der Waals surface area contributed by atoms with Crippen LogP contribution >= 0.6 is 11.3 Å². The molecular weight excluding hydrogens is 208 g/mol. The van der Waals surface area contributed by atoms with E-state index < -0.39 is 0 Å². The van der Waals surface area contributed by atoms with Gasteiger partial charge in [0, 0.05) is 23.2 Å². The molecular formula is C11H14N2OS.